The lowest BCUT2D eigenvalue weighted by Gasteiger charge is -2.24. The van der Waals surface area contributed by atoms with E-state index in [4.69, 9.17) is 22.1 Å². The number of aryl methyl sites for hydroxylation is 1. The lowest BCUT2D eigenvalue weighted by atomic mass is 10.1. The zero-order valence-corrected chi connectivity index (χ0v) is 19.0. The number of hydrogen-bond donors (Lipinski definition) is 2. The minimum Gasteiger partial charge on any atom is -0.444 e. The maximum atomic E-state index is 13.5. The zero-order valence-electron chi connectivity index (χ0n) is 17.5. The van der Waals surface area contributed by atoms with Gasteiger partial charge in [0.05, 0.1) is 10.4 Å². The second-order valence-electron chi connectivity index (χ2n) is 8.68. The summed E-state index contributed by atoms with van der Waals surface area (Å²) < 4.78 is 32.4. The number of benzene rings is 2. The Hall–Kier alpha value is -2.09. The van der Waals surface area contributed by atoms with E-state index in [-0.39, 0.29) is 11.4 Å². The molecule has 0 radical (unpaired) electrons. The van der Waals surface area contributed by atoms with Crippen LogP contribution in [0.3, 0.4) is 0 Å². The minimum atomic E-state index is -3.78. The molecule has 1 aliphatic rings. The molecule has 8 heteroatoms. The Bertz CT molecular complexity index is 1030. The molecule has 1 fully saturated rings. The number of carbonyl (C=O) groups is 1. The third kappa shape index (κ3) is 4.33. The molecule has 2 aromatic rings. The highest BCUT2D eigenvalue weighted by molar-refractivity contribution is 7.92. The lowest BCUT2D eigenvalue weighted by Crippen LogP contribution is -2.49. The van der Waals surface area contributed by atoms with Crippen molar-refractivity contribution in [1.82, 2.24) is 5.32 Å². The maximum absolute atomic E-state index is 13.5. The highest BCUT2D eigenvalue weighted by Crippen LogP contribution is 2.57. The molecule has 3 rings (SSSR count). The second kappa shape index (κ2) is 7.87. The van der Waals surface area contributed by atoms with Crippen LogP contribution in [0.1, 0.15) is 37.8 Å². The monoisotopic (exact) mass is 450 g/mol. The minimum absolute atomic E-state index is 0.0602. The summed E-state index contributed by atoms with van der Waals surface area (Å²) in [4.78, 5) is 12.7. The summed E-state index contributed by atoms with van der Waals surface area (Å²) in [6, 6.07) is 13.6. The Morgan fingerprint density at radius 3 is 2.20 bits per heavy atom. The molecular formula is C22H27ClN2O4S. The highest BCUT2D eigenvalue weighted by atomic mass is 35.5. The van der Waals surface area contributed by atoms with Gasteiger partial charge in [-0.2, -0.15) is 0 Å². The van der Waals surface area contributed by atoms with Crippen LogP contribution in [0, 0.1) is 6.92 Å². The number of hydrogen-bond acceptors (Lipinski definition) is 5. The van der Waals surface area contributed by atoms with Gasteiger partial charge in [-0.05, 0) is 57.5 Å². The smallest absolute Gasteiger partial charge is 0.408 e. The number of nitrogens with two attached hydrogens (primary N) is 1. The van der Waals surface area contributed by atoms with Gasteiger partial charge in [0.2, 0.25) is 0 Å². The number of amides is 1. The van der Waals surface area contributed by atoms with Gasteiger partial charge >= 0.3 is 6.09 Å². The molecule has 0 aromatic heterocycles. The average Bonchev–Trinajstić information content (AvgIpc) is 3.30. The summed E-state index contributed by atoms with van der Waals surface area (Å²) in [5, 5.41) is 2.39. The molecule has 30 heavy (non-hydrogen) atoms. The third-order valence-corrected chi connectivity index (χ3v) is 7.78. The quantitative estimate of drug-likeness (QED) is 0.721. The normalized spacial score (nSPS) is 23.7. The van der Waals surface area contributed by atoms with E-state index in [0.29, 0.717) is 5.02 Å². The van der Waals surface area contributed by atoms with Crippen molar-refractivity contribution >= 4 is 27.5 Å². The molecule has 0 aliphatic heterocycles. The molecule has 1 aliphatic carbocycles. The number of halogens is 1. The fourth-order valence-corrected chi connectivity index (χ4v) is 6.28. The van der Waals surface area contributed by atoms with E-state index in [1.54, 1.807) is 69.3 Å². The predicted molar refractivity (Wildman–Crippen MR) is 118 cm³/mol. The van der Waals surface area contributed by atoms with E-state index in [9.17, 15) is 13.2 Å². The molecule has 3 N–H and O–H groups in total. The van der Waals surface area contributed by atoms with Gasteiger partial charge in [-0.15, -0.1) is 0 Å². The van der Waals surface area contributed by atoms with Gasteiger partial charge in [-0.1, -0.05) is 41.4 Å². The van der Waals surface area contributed by atoms with Crippen LogP contribution in [-0.4, -0.2) is 37.4 Å². The number of nitrogens with one attached hydrogen (secondary N) is 1. The summed E-state index contributed by atoms with van der Waals surface area (Å²) in [7, 11) is -3.78. The van der Waals surface area contributed by atoms with Gasteiger partial charge in [0.1, 0.15) is 10.9 Å². The molecule has 0 saturated heterocycles. The Balaban J connectivity index is 2.03. The maximum Gasteiger partial charge on any atom is 0.408 e. The molecular weight excluding hydrogens is 424 g/mol. The number of carbonyl (C=O) groups excluding carboxylic acids is 1. The molecule has 0 spiro atoms. The van der Waals surface area contributed by atoms with Gasteiger partial charge in [-0.25, -0.2) is 13.2 Å². The van der Waals surface area contributed by atoms with Crippen LogP contribution in [0.4, 0.5) is 4.79 Å². The van der Waals surface area contributed by atoms with Crippen LogP contribution in [0.25, 0.3) is 0 Å². The van der Waals surface area contributed by atoms with E-state index >= 15 is 0 Å². The van der Waals surface area contributed by atoms with Crippen molar-refractivity contribution in [3.63, 3.8) is 0 Å². The van der Waals surface area contributed by atoms with Crippen LogP contribution in [0.15, 0.2) is 53.4 Å². The van der Waals surface area contributed by atoms with Gasteiger partial charge < -0.3 is 15.8 Å². The molecule has 2 aromatic carbocycles. The summed E-state index contributed by atoms with van der Waals surface area (Å²) in [5.74, 6) is -0.529. The van der Waals surface area contributed by atoms with Crippen molar-refractivity contribution in [2.45, 2.75) is 54.9 Å². The van der Waals surface area contributed by atoms with Crippen molar-refractivity contribution in [2.24, 2.45) is 5.73 Å². The SMILES string of the molecule is Cc1ccc(S(=O)(=O)[C@@H]2[C@H](c3ccc(Cl)cc3)[C@]2(CN)NC(=O)OC(C)(C)C)cc1. The number of rotatable bonds is 5. The Morgan fingerprint density at radius 2 is 1.70 bits per heavy atom. The highest BCUT2D eigenvalue weighted by Gasteiger charge is 2.71. The first-order valence-corrected chi connectivity index (χ1v) is 11.6. The van der Waals surface area contributed by atoms with Crippen LogP contribution in [0.2, 0.25) is 5.02 Å². The van der Waals surface area contributed by atoms with E-state index in [0.717, 1.165) is 11.1 Å². The Morgan fingerprint density at radius 1 is 1.13 bits per heavy atom. The van der Waals surface area contributed by atoms with E-state index < -0.39 is 38.2 Å². The van der Waals surface area contributed by atoms with Gasteiger partial charge in [0.15, 0.2) is 9.84 Å². The first-order chi connectivity index (χ1) is 13.9. The van der Waals surface area contributed by atoms with Crippen molar-refractivity contribution in [3.05, 3.63) is 64.7 Å². The van der Waals surface area contributed by atoms with Crippen LogP contribution in [-0.2, 0) is 14.6 Å². The number of sulfone groups is 1. The molecule has 1 amide bonds. The fourth-order valence-electron chi connectivity index (χ4n) is 3.81. The molecule has 0 unspecified atom stereocenters. The molecule has 6 nitrogen and oxygen atoms in total. The first kappa shape index (κ1) is 22.6. The molecule has 1 saturated carbocycles. The van der Waals surface area contributed by atoms with Crippen LogP contribution < -0.4 is 11.1 Å². The number of ether oxygens (including phenoxy) is 1. The first-order valence-electron chi connectivity index (χ1n) is 9.68. The standard InChI is InChI=1S/C22H27ClN2O4S/c1-14-5-11-17(12-6-14)30(27,28)19-18(15-7-9-16(23)10-8-15)22(19,13-24)25-20(26)29-21(2,3)4/h5-12,18-19H,13,24H2,1-4H3,(H,25,26)/t18-,19+,22-/m0/s1. The second-order valence-corrected chi connectivity index (χ2v) is 11.2. The van der Waals surface area contributed by atoms with Crippen molar-refractivity contribution in [1.29, 1.82) is 0 Å². The molecule has 3 atom stereocenters. The fraction of sp³-hybridized carbons (Fsp3) is 0.409. The number of alkyl carbamates (subject to hydrolysis) is 1. The Labute approximate surface area is 182 Å². The summed E-state index contributed by atoms with van der Waals surface area (Å²) in [5.41, 5.74) is 5.85. The van der Waals surface area contributed by atoms with Crippen LogP contribution in [0.5, 0.6) is 0 Å². The largest absolute Gasteiger partial charge is 0.444 e. The summed E-state index contributed by atoms with van der Waals surface area (Å²) in [6.07, 6.45) is -0.700. The van der Waals surface area contributed by atoms with Crippen molar-refractivity contribution < 1.29 is 17.9 Å². The van der Waals surface area contributed by atoms with E-state index in [1.807, 2.05) is 6.92 Å². The van der Waals surface area contributed by atoms with Gasteiger partial charge in [-0.3, -0.25) is 0 Å². The topological polar surface area (TPSA) is 98.5 Å². The van der Waals surface area contributed by atoms with Crippen molar-refractivity contribution in [3.8, 4) is 0 Å². The van der Waals surface area contributed by atoms with Gasteiger partial charge in [0, 0.05) is 17.5 Å². The third-order valence-electron chi connectivity index (χ3n) is 5.24. The Kier molecular flexibility index (Phi) is 5.93. The predicted octanol–water partition coefficient (Wildman–Crippen LogP) is 3.81. The summed E-state index contributed by atoms with van der Waals surface area (Å²) in [6.45, 7) is 7.05. The van der Waals surface area contributed by atoms with Gasteiger partial charge in [0.25, 0.3) is 0 Å². The molecule has 162 valence electrons. The zero-order chi connectivity index (χ0) is 22.3. The summed E-state index contributed by atoms with van der Waals surface area (Å²) >= 11 is 6.00. The van der Waals surface area contributed by atoms with Crippen LogP contribution >= 0.6 is 11.6 Å². The lowest BCUT2D eigenvalue weighted by molar-refractivity contribution is 0.0497. The van der Waals surface area contributed by atoms with Crippen molar-refractivity contribution in [2.75, 3.05) is 6.54 Å². The van der Waals surface area contributed by atoms with E-state index in [2.05, 4.69) is 5.32 Å². The molecule has 0 heterocycles. The van der Waals surface area contributed by atoms with E-state index in [1.165, 1.54) is 0 Å². The molecule has 0 bridgehead atoms. The average molecular weight is 451 g/mol.